The number of hydrogen-bond acceptors (Lipinski definition) is 7. The molecular weight excluding hydrogens is 599 g/mol. The van der Waals surface area contributed by atoms with E-state index >= 15 is 0 Å². The minimum Gasteiger partial charge on any atom is -0.496 e. The molecule has 2 heterocycles. The molecule has 3 rings (SSSR count). The number of carboxylic acid groups (broad SMARTS) is 1. The van der Waals surface area contributed by atoms with Crippen molar-refractivity contribution in [3.63, 3.8) is 0 Å². The molecule has 2 N–H and O–H groups in total. The Morgan fingerprint density at radius 2 is 1.77 bits per heavy atom. The molecule has 9 nitrogen and oxygen atoms in total. The van der Waals surface area contributed by atoms with Crippen LogP contribution in [0.1, 0.15) is 51.8 Å². The molecule has 43 heavy (non-hydrogen) atoms. The van der Waals surface area contributed by atoms with Crippen LogP contribution in [0, 0.1) is 11.3 Å². The molecule has 1 aliphatic heterocycles. The SMILES string of the molecule is COc1ccc(S(F)(F)(F)(F)F)cc1CN[C@H]1[C@H](C(C)(C)C)[C@@H](C(=O)O)N(C(=O)OC(C)C)[C@H]1c1cccnc1N(C)C. The summed E-state index contributed by atoms with van der Waals surface area (Å²) in [6.07, 6.45) is 0.0307. The van der Waals surface area contributed by atoms with Gasteiger partial charge in [-0.1, -0.05) is 46.3 Å². The quantitative estimate of drug-likeness (QED) is 0.284. The number of carbonyl (C=O) groups is 2. The second-order valence-corrected chi connectivity index (χ2v) is 14.5. The second kappa shape index (κ2) is 11.0. The normalized spacial score (nSPS) is 22.6. The van der Waals surface area contributed by atoms with E-state index in [9.17, 15) is 34.1 Å². The Morgan fingerprint density at radius 3 is 2.26 bits per heavy atom. The molecule has 2 aromatic rings. The largest absolute Gasteiger partial charge is 0.496 e. The van der Waals surface area contributed by atoms with E-state index in [2.05, 4.69) is 10.3 Å². The average Bonchev–Trinajstić information content (AvgIpc) is 3.21. The van der Waals surface area contributed by atoms with Crippen LogP contribution in [0.15, 0.2) is 41.4 Å². The number of anilines is 1. The fourth-order valence-electron chi connectivity index (χ4n) is 5.64. The van der Waals surface area contributed by atoms with Crippen molar-refractivity contribution < 1.29 is 43.6 Å². The van der Waals surface area contributed by atoms with Crippen LogP contribution in [-0.2, 0) is 16.1 Å². The zero-order valence-electron chi connectivity index (χ0n) is 25.3. The van der Waals surface area contributed by atoms with Crippen LogP contribution in [0.5, 0.6) is 5.75 Å². The predicted molar refractivity (Wildman–Crippen MR) is 154 cm³/mol. The van der Waals surface area contributed by atoms with Crippen LogP contribution < -0.4 is 15.0 Å². The van der Waals surface area contributed by atoms with Crippen molar-refractivity contribution in [1.29, 1.82) is 0 Å². The monoisotopic (exact) mass is 638 g/mol. The van der Waals surface area contributed by atoms with E-state index in [0.717, 1.165) is 11.0 Å². The van der Waals surface area contributed by atoms with Crippen LogP contribution in [-0.4, -0.2) is 66.4 Å². The zero-order chi connectivity index (χ0) is 32.8. The maximum Gasteiger partial charge on any atom is 0.411 e. The van der Waals surface area contributed by atoms with Crippen molar-refractivity contribution in [1.82, 2.24) is 15.2 Å². The molecular formula is C28H39F5N4O5S. The number of hydrogen-bond donors (Lipinski definition) is 2. The third-order valence-electron chi connectivity index (χ3n) is 7.25. The minimum absolute atomic E-state index is 0.0822. The van der Waals surface area contributed by atoms with Gasteiger partial charge >= 0.3 is 22.3 Å². The Morgan fingerprint density at radius 1 is 1.14 bits per heavy atom. The summed E-state index contributed by atoms with van der Waals surface area (Å²) in [5.74, 6) is -1.82. The number of rotatable bonds is 9. The molecule has 1 aromatic carbocycles. The number of nitrogens with one attached hydrogen (secondary N) is 1. The summed E-state index contributed by atoms with van der Waals surface area (Å²) in [6.45, 7) is 8.15. The van der Waals surface area contributed by atoms with Crippen LogP contribution in [0.2, 0.25) is 0 Å². The molecule has 0 bridgehead atoms. The van der Waals surface area contributed by atoms with Crippen molar-refractivity contribution >= 4 is 28.1 Å². The number of ether oxygens (including phenoxy) is 2. The summed E-state index contributed by atoms with van der Waals surface area (Å²) < 4.78 is 79.2. The number of likely N-dealkylation sites (tertiary alicyclic amines) is 1. The molecule has 1 aliphatic rings. The van der Waals surface area contributed by atoms with Crippen molar-refractivity contribution in [2.45, 2.75) is 70.3 Å². The van der Waals surface area contributed by atoms with Crippen molar-refractivity contribution in [2.75, 3.05) is 26.1 Å². The number of carbonyl (C=O) groups excluding carboxylic acids is 1. The number of nitrogens with zero attached hydrogens (tertiary/aromatic N) is 3. The Kier molecular flexibility index (Phi) is 8.73. The fraction of sp³-hybridized carbons (Fsp3) is 0.536. The maximum atomic E-state index is 13.7. The summed E-state index contributed by atoms with van der Waals surface area (Å²) in [6, 6.07) is 1.33. The zero-order valence-corrected chi connectivity index (χ0v) is 26.1. The van der Waals surface area contributed by atoms with Gasteiger partial charge in [-0.05, 0) is 43.5 Å². The molecule has 1 saturated heterocycles. The summed E-state index contributed by atoms with van der Waals surface area (Å²) >= 11 is 0. The Labute approximate surface area is 248 Å². The first-order chi connectivity index (χ1) is 19.5. The van der Waals surface area contributed by atoms with E-state index in [-0.39, 0.29) is 17.4 Å². The van der Waals surface area contributed by atoms with E-state index in [1.54, 1.807) is 65.7 Å². The second-order valence-electron chi connectivity index (χ2n) is 12.1. The van der Waals surface area contributed by atoms with Gasteiger partial charge in [0.05, 0.1) is 19.3 Å². The predicted octanol–water partition coefficient (Wildman–Crippen LogP) is 6.99. The number of pyridine rings is 1. The molecule has 0 radical (unpaired) electrons. The number of methoxy groups -OCH3 is 1. The van der Waals surface area contributed by atoms with Crippen LogP contribution in [0.3, 0.4) is 0 Å². The first kappa shape index (κ1) is 34.2. The number of aliphatic carboxylic acids is 1. The highest BCUT2D eigenvalue weighted by Crippen LogP contribution is 3.02. The molecule has 1 amide bonds. The lowest BCUT2D eigenvalue weighted by molar-refractivity contribution is -0.144. The lowest BCUT2D eigenvalue weighted by Gasteiger charge is -2.41. The van der Waals surface area contributed by atoms with E-state index in [0.29, 0.717) is 17.4 Å². The lowest BCUT2D eigenvalue weighted by atomic mass is 9.72. The van der Waals surface area contributed by atoms with E-state index in [4.69, 9.17) is 9.47 Å². The number of aromatic nitrogens is 1. The molecule has 4 atom stereocenters. The van der Waals surface area contributed by atoms with E-state index < -0.39 is 69.3 Å². The van der Waals surface area contributed by atoms with Crippen LogP contribution in [0.4, 0.5) is 30.0 Å². The van der Waals surface area contributed by atoms with Crippen LogP contribution in [0.25, 0.3) is 0 Å². The van der Waals surface area contributed by atoms with Gasteiger partial charge in [-0.3, -0.25) is 4.90 Å². The summed E-state index contributed by atoms with van der Waals surface area (Å²) in [5, 5.41) is 13.6. The molecule has 1 fully saturated rings. The van der Waals surface area contributed by atoms with Crippen LogP contribution >= 0.6 is 10.2 Å². The third kappa shape index (κ3) is 7.43. The molecule has 242 valence electrons. The van der Waals surface area contributed by atoms with Gasteiger partial charge in [-0.15, -0.1) is 0 Å². The fourth-order valence-corrected chi connectivity index (χ4v) is 6.33. The lowest BCUT2D eigenvalue weighted by Crippen LogP contribution is -2.48. The summed E-state index contributed by atoms with van der Waals surface area (Å²) in [5.41, 5.74) is -0.563. The standard InChI is InChI=1S/C28H39F5N4O5S/c1-16(2)42-27(40)37-23(19-10-9-13-34-25(19)36(6)7)22(21(28(3,4)5)24(37)26(38)39)35-15-17-14-18(11-12-20(17)41-8)43(29,30,31,32)33/h9-14,16,21-24,35H,15H2,1-8H3,(H,38,39)/t21-,22-,23-,24-/m0/s1. The Hall–Kier alpha value is -3.33. The number of benzene rings is 1. The highest BCUT2D eigenvalue weighted by Gasteiger charge is 2.65. The van der Waals surface area contributed by atoms with Gasteiger partial charge < -0.3 is 24.8 Å². The number of amides is 1. The summed E-state index contributed by atoms with van der Waals surface area (Å²) in [7, 11) is -5.41. The van der Waals surface area contributed by atoms with Crippen molar-refractivity contribution in [3.05, 3.63) is 47.7 Å². The minimum atomic E-state index is -10.0. The highest BCUT2D eigenvalue weighted by molar-refractivity contribution is 8.45. The summed E-state index contributed by atoms with van der Waals surface area (Å²) in [4.78, 5) is 31.6. The molecule has 0 saturated carbocycles. The first-order valence-corrected chi connectivity index (χ1v) is 15.4. The molecule has 0 spiro atoms. The first-order valence-electron chi connectivity index (χ1n) is 13.5. The molecule has 1 aromatic heterocycles. The van der Waals surface area contributed by atoms with Gasteiger partial charge in [-0.25, -0.2) is 14.6 Å². The van der Waals surface area contributed by atoms with Gasteiger partial charge in [0, 0.05) is 49.9 Å². The molecule has 15 heteroatoms. The number of halogens is 5. The van der Waals surface area contributed by atoms with Crippen molar-refractivity contribution in [3.8, 4) is 5.75 Å². The van der Waals surface area contributed by atoms with Gasteiger partial charge in [0.1, 0.15) is 22.5 Å². The van der Waals surface area contributed by atoms with Gasteiger partial charge in [-0.2, -0.15) is 0 Å². The Bertz CT molecular complexity index is 1370. The van der Waals surface area contributed by atoms with E-state index in [1.807, 2.05) is 0 Å². The highest BCUT2D eigenvalue weighted by atomic mass is 32.5. The average molecular weight is 639 g/mol. The third-order valence-corrected chi connectivity index (χ3v) is 8.40. The van der Waals surface area contributed by atoms with Gasteiger partial charge in [0.15, 0.2) is 0 Å². The van der Waals surface area contributed by atoms with Gasteiger partial charge in [0.2, 0.25) is 0 Å². The topological polar surface area (TPSA) is 104 Å². The van der Waals surface area contributed by atoms with Gasteiger partial charge in [0.25, 0.3) is 0 Å². The van der Waals surface area contributed by atoms with E-state index in [1.165, 1.54) is 13.3 Å². The smallest absolute Gasteiger partial charge is 0.411 e. The Balaban J connectivity index is 2.26. The molecule has 0 unspecified atom stereocenters. The number of carboxylic acids is 1. The van der Waals surface area contributed by atoms with Crippen molar-refractivity contribution in [2.24, 2.45) is 11.3 Å². The maximum absolute atomic E-state index is 13.7. The molecule has 0 aliphatic carbocycles.